The Kier molecular flexibility index (Phi) is 4.68. The van der Waals surface area contributed by atoms with Gasteiger partial charge in [-0.25, -0.2) is 0 Å². The highest BCUT2D eigenvalue weighted by Gasteiger charge is 2.11. The lowest BCUT2D eigenvalue weighted by Gasteiger charge is -2.13. The van der Waals surface area contributed by atoms with Crippen molar-refractivity contribution in [1.82, 2.24) is 0 Å². The first-order chi connectivity index (χ1) is 9.58. The number of methoxy groups -OCH3 is 1. The molecule has 0 aliphatic heterocycles. The molecule has 0 fully saturated rings. The maximum Gasteiger partial charge on any atom is 0.387 e. The lowest BCUT2D eigenvalue weighted by molar-refractivity contribution is -0.0494. The molecule has 0 aliphatic carbocycles. The molecule has 0 radical (unpaired) electrons. The highest BCUT2D eigenvalue weighted by atomic mass is 35.5. The molecular formula is C13H12ClF2NO3. The lowest BCUT2D eigenvalue weighted by Crippen LogP contribution is -2.06. The summed E-state index contributed by atoms with van der Waals surface area (Å²) in [7, 11) is 1.49. The quantitative estimate of drug-likeness (QED) is 0.870. The molecule has 1 aromatic carbocycles. The Hall–Kier alpha value is -1.95. The summed E-state index contributed by atoms with van der Waals surface area (Å²) in [6.07, 6.45) is 0. The average molecular weight is 304 g/mol. The van der Waals surface area contributed by atoms with E-state index in [1.54, 1.807) is 18.2 Å². The van der Waals surface area contributed by atoms with E-state index in [0.29, 0.717) is 17.2 Å². The topological polar surface area (TPSA) is 43.6 Å². The number of ether oxygens (including phenoxy) is 2. The van der Waals surface area contributed by atoms with E-state index in [1.165, 1.54) is 19.2 Å². The van der Waals surface area contributed by atoms with Crippen LogP contribution in [0.3, 0.4) is 0 Å². The Morgan fingerprint density at radius 2 is 2.10 bits per heavy atom. The molecule has 0 spiro atoms. The molecule has 1 aromatic heterocycles. The van der Waals surface area contributed by atoms with Gasteiger partial charge in [0.05, 0.1) is 19.3 Å². The largest absolute Gasteiger partial charge is 0.497 e. The van der Waals surface area contributed by atoms with Crippen LogP contribution in [0.25, 0.3) is 0 Å². The summed E-state index contributed by atoms with van der Waals surface area (Å²) in [5.74, 6) is 1.12. The molecule has 20 heavy (non-hydrogen) atoms. The molecule has 0 unspecified atom stereocenters. The van der Waals surface area contributed by atoms with Crippen LogP contribution in [0.2, 0.25) is 5.22 Å². The van der Waals surface area contributed by atoms with Crippen molar-refractivity contribution in [2.24, 2.45) is 0 Å². The van der Waals surface area contributed by atoms with Gasteiger partial charge in [0.2, 0.25) is 0 Å². The SMILES string of the molecule is COc1ccc(OC(F)F)c(NCc2ccc(Cl)o2)c1. The van der Waals surface area contributed by atoms with E-state index in [0.717, 1.165) is 0 Å². The molecule has 0 amide bonds. The molecule has 0 saturated heterocycles. The van der Waals surface area contributed by atoms with Crippen molar-refractivity contribution >= 4 is 17.3 Å². The maximum absolute atomic E-state index is 12.3. The second-order valence-corrected chi connectivity index (χ2v) is 4.17. The Labute approximate surface area is 119 Å². The highest BCUT2D eigenvalue weighted by Crippen LogP contribution is 2.31. The number of halogens is 3. The summed E-state index contributed by atoms with van der Waals surface area (Å²) in [5, 5.41) is 3.19. The van der Waals surface area contributed by atoms with Crippen LogP contribution in [0.15, 0.2) is 34.7 Å². The van der Waals surface area contributed by atoms with Crippen LogP contribution in [-0.4, -0.2) is 13.7 Å². The van der Waals surface area contributed by atoms with Gasteiger partial charge in [0.15, 0.2) is 5.22 Å². The van der Waals surface area contributed by atoms with Gasteiger partial charge in [-0.05, 0) is 35.9 Å². The second-order valence-electron chi connectivity index (χ2n) is 3.80. The van der Waals surface area contributed by atoms with Crippen LogP contribution in [0.4, 0.5) is 14.5 Å². The third kappa shape index (κ3) is 3.77. The molecule has 2 aromatic rings. The van der Waals surface area contributed by atoms with Crippen molar-refractivity contribution in [3.05, 3.63) is 41.3 Å². The normalized spacial score (nSPS) is 10.7. The summed E-state index contributed by atoms with van der Waals surface area (Å²) < 4.78 is 39.3. The number of hydrogen-bond donors (Lipinski definition) is 1. The molecule has 0 bridgehead atoms. The first-order valence-corrected chi connectivity index (χ1v) is 6.07. The van der Waals surface area contributed by atoms with Crippen LogP contribution < -0.4 is 14.8 Å². The van der Waals surface area contributed by atoms with Gasteiger partial charge in [-0.15, -0.1) is 0 Å². The number of furan rings is 1. The fourth-order valence-electron chi connectivity index (χ4n) is 1.60. The first kappa shape index (κ1) is 14.5. The Morgan fingerprint density at radius 3 is 2.70 bits per heavy atom. The minimum Gasteiger partial charge on any atom is -0.497 e. The molecule has 2 rings (SSSR count). The van der Waals surface area contributed by atoms with Crippen molar-refractivity contribution < 1.29 is 22.7 Å². The van der Waals surface area contributed by atoms with Gasteiger partial charge in [0, 0.05) is 6.07 Å². The summed E-state index contributed by atoms with van der Waals surface area (Å²) in [5.41, 5.74) is 0.372. The Bertz CT molecular complexity index is 574. The Balaban J connectivity index is 2.14. The molecule has 7 heteroatoms. The van der Waals surface area contributed by atoms with Gasteiger partial charge in [-0.3, -0.25) is 0 Å². The zero-order valence-corrected chi connectivity index (χ0v) is 11.3. The van der Waals surface area contributed by atoms with E-state index in [9.17, 15) is 8.78 Å². The van der Waals surface area contributed by atoms with Crippen molar-refractivity contribution in [2.45, 2.75) is 13.2 Å². The Morgan fingerprint density at radius 1 is 1.30 bits per heavy atom. The standard InChI is InChI=1S/C13H12ClF2NO3/c1-18-8-2-4-11(20-13(15)16)10(6-8)17-7-9-3-5-12(14)19-9/h2-6,13,17H,7H2,1H3. The van der Waals surface area contributed by atoms with Gasteiger partial charge in [0.25, 0.3) is 0 Å². The van der Waals surface area contributed by atoms with Gasteiger partial charge in [-0.1, -0.05) is 0 Å². The zero-order valence-electron chi connectivity index (χ0n) is 10.5. The number of hydrogen-bond acceptors (Lipinski definition) is 4. The number of anilines is 1. The smallest absolute Gasteiger partial charge is 0.387 e. The fraction of sp³-hybridized carbons (Fsp3) is 0.231. The van der Waals surface area contributed by atoms with Gasteiger partial charge < -0.3 is 19.2 Å². The molecule has 0 atom stereocenters. The summed E-state index contributed by atoms with van der Waals surface area (Å²) in [4.78, 5) is 0. The van der Waals surface area contributed by atoms with Crippen LogP contribution in [0.1, 0.15) is 5.76 Å². The lowest BCUT2D eigenvalue weighted by atomic mass is 10.2. The molecular weight excluding hydrogens is 292 g/mol. The number of benzene rings is 1. The van der Waals surface area contributed by atoms with Crippen molar-refractivity contribution in [1.29, 1.82) is 0 Å². The molecule has 0 saturated carbocycles. The van der Waals surface area contributed by atoms with E-state index in [2.05, 4.69) is 10.1 Å². The van der Waals surface area contributed by atoms with Crippen LogP contribution in [0.5, 0.6) is 11.5 Å². The number of alkyl halides is 2. The van der Waals surface area contributed by atoms with E-state index in [4.69, 9.17) is 20.8 Å². The molecule has 0 aliphatic rings. The van der Waals surface area contributed by atoms with Gasteiger partial charge in [-0.2, -0.15) is 8.78 Å². The zero-order chi connectivity index (χ0) is 14.5. The predicted octanol–water partition coefficient (Wildman–Crippen LogP) is 4.16. The first-order valence-electron chi connectivity index (χ1n) is 5.69. The van der Waals surface area contributed by atoms with Gasteiger partial charge >= 0.3 is 6.61 Å². The minimum atomic E-state index is -2.90. The van der Waals surface area contributed by atoms with Crippen molar-refractivity contribution in [3.63, 3.8) is 0 Å². The average Bonchev–Trinajstić information content (AvgIpc) is 2.83. The summed E-state index contributed by atoms with van der Waals surface area (Å²) in [6, 6.07) is 7.78. The predicted molar refractivity (Wildman–Crippen MR) is 70.7 cm³/mol. The van der Waals surface area contributed by atoms with E-state index >= 15 is 0 Å². The number of nitrogens with one attached hydrogen (secondary N) is 1. The van der Waals surface area contributed by atoms with Crippen molar-refractivity contribution in [2.75, 3.05) is 12.4 Å². The molecule has 4 nitrogen and oxygen atoms in total. The van der Waals surface area contributed by atoms with E-state index < -0.39 is 6.61 Å². The maximum atomic E-state index is 12.3. The van der Waals surface area contributed by atoms with E-state index in [1.807, 2.05) is 0 Å². The van der Waals surface area contributed by atoms with Crippen molar-refractivity contribution in [3.8, 4) is 11.5 Å². The molecule has 1 heterocycles. The molecule has 108 valence electrons. The van der Waals surface area contributed by atoms with Gasteiger partial charge in [0.1, 0.15) is 17.3 Å². The second kappa shape index (κ2) is 6.47. The third-order valence-electron chi connectivity index (χ3n) is 2.48. The highest BCUT2D eigenvalue weighted by molar-refractivity contribution is 6.28. The minimum absolute atomic E-state index is 0.0263. The molecule has 1 N–H and O–H groups in total. The summed E-state index contributed by atoms with van der Waals surface area (Å²) >= 11 is 5.65. The third-order valence-corrected chi connectivity index (χ3v) is 2.69. The fourth-order valence-corrected chi connectivity index (χ4v) is 1.76. The van der Waals surface area contributed by atoms with Crippen LogP contribution in [0, 0.1) is 0 Å². The van der Waals surface area contributed by atoms with Crippen LogP contribution >= 0.6 is 11.6 Å². The van der Waals surface area contributed by atoms with Crippen LogP contribution in [-0.2, 0) is 6.54 Å². The number of rotatable bonds is 6. The monoisotopic (exact) mass is 303 g/mol. The van der Waals surface area contributed by atoms with E-state index in [-0.39, 0.29) is 17.5 Å². The summed E-state index contributed by atoms with van der Waals surface area (Å²) in [6.45, 7) is -2.62.